The van der Waals surface area contributed by atoms with Crippen molar-refractivity contribution < 1.29 is 14.5 Å². The monoisotopic (exact) mass is 489 g/mol. The molecule has 2 heterocycles. The summed E-state index contributed by atoms with van der Waals surface area (Å²) in [4.78, 5) is 47.0. The van der Waals surface area contributed by atoms with Gasteiger partial charge in [-0.1, -0.05) is 30.0 Å². The Bertz CT molecular complexity index is 1310. The first-order chi connectivity index (χ1) is 16.8. The van der Waals surface area contributed by atoms with Gasteiger partial charge in [0, 0.05) is 30.4 Å². The highest BCUT2D eigenvalue weighted by molar-refractivity contribution is 8.15. The fourth-order valence-corrected chi connectivity index (χ4v) is 4.66. The summed E-state index contributed by atoms with van der Waals surface area (Å²) in [5, 5.41) is 13.5. The van der Waals surface area contributed by atoms with Crippen molar-refractivity contribution in [3.8, 4) is 0 Å². The average molecular weight is 490 g/mol. The molecule has 1 unspecified atom stereocenters. The Hall–Kier alpha value is -4.05. The van der Waals surface area contributed by atoms with Gasteiger partial charge in [0.1, 0.15) is 5.25 Å². The van der Waals surface area contributed by atoms with Crippen LogP contribution in [0.3, 0.4) is 0 Å². The third kappa shape index (κ3) is 5.90. The highest BCUT2D eigenvalue weighted by Crippen LogP contribution is 2.33. The molecule has 1 aromatic heterocycles. The summed E-state index contributed by atoms with van der Waals surface area (Å²) < 4.78 is 0. The molecule has 0 saturated carbocycles. The number of hydrogen-bond acceptors (Lipinski definition) is 7. The van der Waals surface area contributed by atoms with Gasteiger partial charge in [-0.2, -0.15) is 0 Å². The molecule has 4 rings (SSSR count). The van der Waals surface area contributed by atoms with Crippen LogP contribution < -0.4 is 5.32 Å². The summed E-state index contributed by atoms with van der Waals surface area (Å²) >= 11 is 1.23. The lowest BCUT2D eigenvalue weighted by atomic mass is 10.1. The molecule has 0 spiro atoms. The Morgan fingerprint density at radius 1 is 1.14 bits per heavy atom. The summed E-state index contributed by atoms with van der Waals surface area (Å²) in [5.74, 6) is -0.654. The zero-order valence-corrected chi connectivity index (χ0v) is 20.0. The maximum absolute atomic E-state index is 13.3. The lowest BCUT2D eigenvalue weighted by Crippen LogP contribution is -2.33. The molecule has 1 saturated heterocycles. The predicted molar refractivity (Wildman–Crippen MR) is 136 cm³/mol. The first-order valence-corrected chi connectivity index (χ1v) is 11.8. The number of hydrogen-bond donors (Lipinski definition) is 1. The maximum Gasteiger partial charge on any atom is 0.271 e. The van der Waals surface area contributed by atoms with Crippen molar-refractivity contribution in [2.45, 2.75) is 32.1 Å². The van der Waals surface area contributed by atoms with E-state index in [9.17, 15) is 19.7 Å². The quantitative estimate of drug-likeness (QED) is 0.377. The normalized spacial score (nSPS) is 16.5. The van der Waals surface area contributed by atoms with Crippen LogP contribution in [-0.4, -0.2) is 37.0 Å². The molecule has 10 heteroatoms. The van der Waals surface area contributed by atoms with E-state index in [4.69, 9.17) is 4.99 Å². The minimum atomic E-state index is -0.678. The molecular formula is C25H23N5O4S. The molecule has 1 atom stereocenters. The highest BCUT2D eigenvalue weighted by Gasteiger charge is 2.39. The highest BCUT2D eigenvalue weighted by atomic mass is 32.2. The molecule has 178 valence electrons. The smallest absolute Gasteiger partial charge is 0.271 e. The zero-order valence-electron chi connectivity index (χ0n) is 19.2. The number of aliphatic imine (C=N–C) groups is 1. The van der Waals surface area contributed by atoms with Crippen molar-refractivity contribution in [3.05, 3.63) is 93.8 Å². The summed E-state index contributed by atoms with van der Waals surface area (Å²) in [6.45, 7) is 4.25. The van der Waals surface area contributed by atoms with E-state index in [1.807, 2.05) is 44.2 Å². The fourth-order valence-electron chi connectivity index (χ4n) is 3.51. The number of nitrogens with zero attached hydrogens (tertiary/aromatic N) is 4. The summed E-state index contributed by atoms with van der Waals surface area (Å²) in [6.07, 6.45) is 1.56. The van der Waals surface area contributed by atoms with Crippen molar-refractivity contribution in [1.29, 1.82) is 0 Å². The van der Waals surface area contributed by atoms with Gasteiger partial charge in [-0.15, -0.1) is 0 Å². The van der Waals surface area contributed by atoms with Gasteiger partial charge < -0.3 is 5.32 Å². The van der Waals surface area contributed by atoms with Crippen LogP contribution in [-0.2, 0) is 16.1 Å². The van der Waals surface area contributed by atoms with Crippen LogP contribution in [0.15, 0.2) is 71.9 Å². The topological polar surface area (TPSA) is 118 Å². The Labute approximate surface area is 206 Å². The number of aromatic nitrogens is 1. The summed E-state index contributed by atoms with van der Waals surface area (Å²) in [7, 11) is 0. The molecule has 0 bridgehead atoms. The van der Waals surface area contributed by atoms with Crippen molar-refractivity contribution in [3.63, 3.8) is 0 Å². The number of nitrogens with one attached hydrogen (secondary N) is 1. The van der Waals surface area contributed by atoms with Crippen molar-refractivity contribution in [2.75, 3.05) is 5.32 Å². The molecule has 9 nitrogen and oxygen atoms in total. The molecule has 1 aliphatic rings. The number of nitro benzene ring substituents is 1. The van der Waals surface area contributed by atoms with Gasteiger partial charge in [0.25, 0.3) is 5.69 Å². The second-order valence-electron chi connectivity index (χ2n) is 8.07. The van der Waals surface area contributed by atoms with Gasteiger partial charge in [-0.05, 0) is 55.3 Å². The SMILES string of the molecule is Cc1ccc(N=C2SC(CC(=O)Nc3cccc([N+](=O)[O-])c3)C(=O)N2Cc2ccccn2)cc1C. The van der Waals surface area contributed by atoms with Gasteiger partial charge in [0.2, 0.25) is 11.8 Å². The van der Waals surface area contributed by atoms with Gasteiger partial charge in [-0.3, -0.25) is 29.6 Å². The number of carbonyl (C=O) groups excluding carboxylic acids is 2. The van der Waals surface area contributed by atoms with E-state index in [2.05, 4.69) is 10.3 Å². The first kappa shape index (κ1) is 24.1. The lowest BCUT2D eigenvalue weighted by molar-refractivity contribution is -0.384. The standard InChI is InChI=1S/C25H23N5O4S/c1-16-9-10-19(12-17(16)2)28-25-29(15-20-6-3-4-11-26-20)24(32)22(35-25)14-23(31)27-18-7-5-8-21(13-18)30(33)34/h3-13,22H,14-15H2,1-2H3,(H,27,31). The molecule has 2 aromatic carbocycles. The number of amides is 2. The van der Waals surface area contributed by atoms with Crippen molar-refractivity contribution in [2.24, 2.45) is 4.99 Å². The van der Waals surface area contributed by atoms with Crippen LogP contribution in [0.25, 0.3) is 0 Å². The maximum atomic E-state index is 13.3. The third-order valence-electron chi connectivity index (χ3n) is 5.49. The second kappa shape index (κ2) is 10.5. The van der Waals surface area contributed by atoms with Crippen LogP contribution in [0, 0.1) is 24.0 Å². The Balaban J connectivity index is 1.55. The number of thioether (sulfide) groups is 1. The molecule has 0 aliphatic carbocycles. The van der Waals surface area contributed by atoms with E-state index in [1.54, 1.807) is 23.2 Å². The minimum Gasteiger partial charge on any atom is -0.326 e. The number of rotatable bonds is 7. The summed E-state index contributed by atoms with van der Waals surface area (Å²) in [5.41, 5.74) is 3.83. The van der Waals surface area contributed by atoms with Gasteiger partial charge >= 0.3 is 0 Å². The van der Waals surface area contributed by atoms with Crippen molar-refractivity contribution in [1.82, 2.24) is 9.88 Å². The number of aryl methyl sites for hydroxylation is 2. The number of amidine groups is 1. The minimum absolute atomic E-state index is 0.100. The van der Waals surface area contributed by atoms with Crippen LogP contribution in [0.5, 0.6) is 0 Å². The van der Waals surface area contributed by atoms with Crippen LogP contribution in [0.4, 0.5) is 17.1 Å². The molecule has 1 N–H and O–H groups in total. The average Bonchev–Trinajstić information content (AvgIpc) is 3.11. The molecule has 3 aromatic rings. The van der Waals surface area contributed by atoms with Crippen LogP contribution >= 0.6 is 11.8 Å². The molecule has 35 heavy (non-hydrogen) atoms. The van der Waals surface area contributed by atoms with Gasteiger partial charge in [0.05, 0.1) is 22.8 Å². The number of carbonyl (C=O) groups is 2. The Kier molecular flexibility index (Phi) is 7.21. The largest absolute Gasteiger partial charge is 0.326 e. The number of nitro groups is 1. The molecule has 1 fully saturated rings. The Morgan fingerprint density at radius 3 is 2.69 bits per heavy atom. The lowest BCUT2D eigenvalue weighted by Gasteiger charge is -2.16. The van der Waals surface area contributed by atoms with Crippen molar-refractivity contribution >= 4 is 45.8 Å². The second-order valence-corrected chi connectivity index (χ2v) is 9.24. The summed E-state index contributed by atoms with van der Waals surface area (Å²) in [6, 6.07) is 17.0. The van der Waals surface area contributed by atoms with E-state index in [0.717, 1.165) is 16.8 Å². The molecule has 0 radical (unpaired) electrons. The van der Waals surface area contributed by atoms with Gasteiger partial charge in [0.15, 0.2) is 5.17 Å². The number of pyridine rings is 1. The predicted octanol–water partition coefficient (Wildman–Crippen LogP) is 4.77. The molecule has 2 amide bonds. The number of anilines is 1. The fraction of sp³-hybridized carbons (Fsp3) is 0.200. The first-order valence-electron chi connectivity index (χ1n) is 10.9. The number of benzene rings is 2. The van der Waals surface area contributed by atoms with E-state index in [0.29, 0.717) is 16.5 Å². The van der Waals surface area contributed by atoms with Crippen LogP contribution in [0.2, 0.25) is 0 Å². The third-order valence-corrected chi connectivity index (χ3v) is 6.67. The van der Waals surface area contributed by atoms with E-state index < -0.39 is 16.1 Å². The van der Waals surface area contributed by atoms with Crippen LogP contribution in [0.1, 0.15) is 23.2 Å². The Morgan fingerprint density at radius 2 is 1.97 bits per heavy atom. The van der Waals surface area contributed by atoms with E-state index >= 15 is 0 Å². The van der Waals surface area contributed by atoms with Gasteiger partial charge in [-0.25, -0.2) is 4.99 Å². The molecular weight excluding hydrogens is 466 g/mol. The number of non-ortho nitro benzene ring substituents is 1. The zero-order chi connectivity index (χ0) is 24.9. The van der Waals surface area contributed by atoms with E-state index in [1.165, 1.54) is 30.0 Å². The van der Waals surface area contributed by atoms with E-state index in [-0.39, 0.29) is 24.6 Å². The molecule has 1 aliphatic heterocycles.